The molecule has 2 amide bonds. The SMILES string of the molecule is O=C(C1CCCN(CC(=O)N2CCCC2c2cccs2)C1)N1CCOCC1. The standard InChI is InChI=1S/C20H29N3O3S/c24-19(23-8-2-5-17(23)18-6-3-13-27-18)15-21-7-1-4-16(14-21)20(25)22-9-11-26-12-10-22/h3,6,13,16-17H,1-2,4-5,7-12,14-15H2. The number of morpholine rings is 1. The van der Waals surface area contributed by atoms with Crippen molar-refractivity contribution in [1.82, 2.24) is 14.7 Å². The smallest absolute Gasteiger partial charge is 0.237 e. The molecule has 7 heteroatoms. The van der Waals surface area contributed by atoms with E-state index in [2.05, 4.69) is 27.3 Å². The maximum absolute atomic E-state index is 13.0. The second-order valence-corrected chi connectivity index (χ2v) is 8.75. The van der Waals surface area contributed by atoms with E-state index >= 15 is 0 Å². The molecule has 4 rings (SSSR count). The summed E-state index contributed by atoms with van der Waals surface area (Å²) in [4.78, 5) is 33.2. The number of carbonyl (C=O) groups excluding carboxylic acids is 2. The van der Waals surface area contributed by atoms with Crippen LogP contribution in [0.15, 0.2) is 17.5 Å². The van der Waals surface area contributed by atoms with Crippen LogP contribution in [0.2, 0.25) is 0 Å². The Bertz CT molecular complexity index is 645. The van der Waals surface area contributed by atoms with Crippen molar-refractivity contribution >= 4 is 23.2 Å². The van der Waals surface area contributed by atoms with Crippen molar-refractivity contribution < 1.29 is 14.3 Å². The van der Waals surface area contributed by atoms with Crippen LogP contribution in [0.25, 0.3) is 0 Å². The second-order valence-electron chi connectivity index (χ2n) is 7.77. The third-order valence-corrected chi connectivity index (χ3v) is 6.95. The van der Waals surface area contributed by atoms with Crippen LogP contribution in [0.5, 0.6) is 0 Å². The highest BCUT2D eigenvalue weighted by Crippen LogP contribution is 2.34. The van der Waals surface area contributed by atoms with E-state index in [-0.39, 0.29) is 23.8 Å². The van der Waals surface area contributed by atoms with E-state index in [0.29, 0.717) is 39.4 Å². The third-order valence-electron chi connectivity index (χ3n) is 5.98. The van der Waals surface area contributed by atoms with E-state index in [1.807, 2.05) is 4.90 Å². The van der Waals surface area contributed by atoms with Gasteiger partial charge in [0.2, 0.25) is 11.8 Å². The fourth-order valence-electron chi connectivity index (χ4n) is 4.57. The van der Waals surface area contributed by atoms with Crippen molar-refractivity contribution in [2.75, 3.05) is 52.5 Å². The van der Waals surface area contributed by atoms with Crippen molar-refractivity contribution in [1.29, 1.82) is 0 Å². The number of rotatable bonds is 4. The number of ether oxygens (including phenoxy) is 1. The molecule has 3 saturated heterocycles. The van der Waals surface area contributed by atoms with Gasteiger partial charge in [-0.2, -0.15) is 0 Å². The quantitative estimate of drug-likeness (QED) is 0.788. The summed E-state index contributed by atoms with van der Waals surface area (Å²) in [5.74, 6) is 0.481. The van der Waals surface area contributed by atoms with Gasteiger partial charge >= 0.3 is 0 Å². The molecule has 0 aliphatic carbocycles. The lowest BCUT2D eigenvalue weighted by molar-refractivity contribution is -0.143. The molecule has 0 spiro atoms. The Labute approximate surface area is 165 Å². The van der Waals surface area contributed by atoms with Gasteiger partial charge in [-0.25, -0.2) is 0 Å². The highest BCUT2D eigenvalue weighted by atomic mass is 32.1. The predicted molar refractivity (Wildman–Crippen MR) is 105 cm³/mol. The molecule has 4 heterocycles. The molecular formula is C20H29N3O3S. The molecule has 3 aliphatic heterocycles. The molecule has 27 heavy (non-hydrogen) atoms. The summed E-state index contributed by atoms with van der Waals surface area (Å²) in [5, 5.41) is 2.09. The molecule has 6 nitrogen and oxygen atoms in total. The number of piperidine rings is 1. The summed E-state index contributed by atoms with van der Waals surface area (Å²) in [7, 11) is 0. The number of likely N-dealkylation sites (tertiary alicyclic amines) is 2. The topological polar surface area (TPSA) is 53.1 Å². The van der Waals surface area contributed by atoms with E-state index in [1.165, 1.54) is 4.88 Å². The minimum atomic E-state index is 0.0244. The second kappa shape index (κ2) is 8.71. The predicted octanol–water partition coefficient (Wildman–Crippen LogP) is 1.98. The van der Waals surface area contributed by atoms with Crippen molar-refractivity contribution in [3.8, 4) is 0 Å². The van der Waals surface area contributed by atoms with E-state index in [9.17, 15) is 9.59 Å². The van der Waals surface area contributed by atoms with Crippen molar-refractivity contribution in [2.45, 2.75) is 31.7 Å². The number of nitrogens with zero attached hydrogens (tertiary/aromatic N) is 3. The molecular weight excluding hydrogens is 362 g/mol. The molecule has 3 aliphatic rings. The number of hydrogen-bond donors (Lipinski definition) is 0. The van der Waals surface area contributed by atoms with Crippen molar-refractivity contribution in [3.63, 3.8) is 0 Å². The Morgan fingerprint density at radius 2 is 1.93 bits per heavy atom. The first-order chi connectivity index (χ1) is 13.2. The van der Waals surface area contributed by atoms with Crippen LogP contribution in [-0.4, -0.2) is 79.0 Å². The van der Waals surface area contributed by atoms with E-state index < -0.39 is 0 Å². The first-order valence-corrected chi connectivity index (χ1v) is 11.0. The van der Waals surface area contributed by atoms with Gasteiger partial charge in [0.1, 0.15) is 0 Å². The first-order valence-electron chi connectivity index (χ1n) is 10.1. The highest BCUT2D eigenvalue weighted by molar-refractivity contribution is 7.10. The number of amides is 2. The van der Waals surface area contributed by atoms with E-state index in [1.54, 1.807) is 11.3 Å². The molecule has 0 radical (unpaired) electrons. The van der Waals surface area contributed by atoms with Gasteiger partial charge in [-0.15, -0.1) is 11.3 Å². The van der Waals surface area contributed by atoms with Crippen LogP contribution in [0.1, 0.15) is 36.6 Å². The lowest BCUT2D eigenvalue weighted by atomic mass is 9.96. The van der Waals surface area contributed by atoms with Gasteiger partial charge in [0, 0.05) is 31.1 Å². The summed E-state index contributed by atoms with van der Waals surface area (Å²) in [5.41, 5.74) is 0. The summed E-state index contributed by atoms with van der Waals surface area (Å²) in [6.07, 6.45) is 4.06. The highest BCUT2D eigenvalue weighted by Gasteiger charge is 2.34. The molecule has 1 aromatic rings. The lowest BCUT2D eigenvalue weighted by Crippen LogP contribution is -2.50. The normalized spacial score (nSPS) is 27.1. The summed E-state index contributed by atoms with van der Waals surface area (Å²) < 4.78 is 5.35. The van der Waals surface area contributed by atoms with Crippen LogP contribution in [-0.2, 0) is 14.3 Å². The maximum atomic E-state index is 13.0. The minimum absolute atomic E-state index is 0.0244. The molecule has 148 valence electrons. The zero-order valence-corrected chi connectivity index (χ0v) is 16.7. The average molecular weight is 392 g/mol. The Balaban J connectivity index is 1.33. The zero-order valence-electron chi connectivity index (χ0n) is 15.8. The Kier molecular flexibility index (Phi) is 6.10. The fraction of sp³-hybridized carbons (Fsp3) is 0.700. The van der Waals surface area contributed by atoms with E-state index in [4.69, 9.17) is 4.74 Å². The van der Waals surface area contributed by atoms with Crippen LogP contribution in [0.4, 0.5) is 0 Å². The van der Waals surface area contributed by atoms with Crippen LogP contribution in [0, 0.1) is 5.92 Å². The van der Waals surface area contributed by atoms with Gasteiger partial charge in [0.05, 0.1) is 31.7 Å². The molecule has 0 aromatic carbocycles. The molecule has 0 bridgehead atoms. The zero-order chi connectivity index (χ0) is 18.6. The molecule has 0 saturated carbocycles. The van der Waals surface area contributed by atoms with Gasteiger partial charge < -0.3 is 14.5 Å². The Hall–Kier alpha value is -1.44. The van der Waals surface area contributed by atoms with Gasteiger partial charge in [-0.1, -0.05) is 6.07 Å². The van der Waals surface area contributed by atoms with Gasteiger partial charge in [-0.05, 0) is 43.7 Å². The minimum Gasteiger partial charge on any atom is -0.378 e. The monoisotopic (exact) mass is 391 g/mol. The van der Waals surface area contributed by atoms with Crippen molar-refractivity contribution in [2.24, 2.45) is 5.92 Å². The molecule has 0 N–H and O–H groups in total. The summed E-state index contributed by atoms with van der Waals surface area (Å²) in [6, 6.07) is 4.44. The molecule has 3 fully saturated rings. The van der Waals surface area contributed by atoms with E-state index in [0.717, 1.165) is 38.8 Å². The largest absolute Gasteiger partial charge is 0.378 e. The van der Waals surface area contributed by atoms with Gasteiger partial charge in [0.15, 0.2) is 0 Å². The number of carbonyl (C=O) groups is 2. The van der Waals surface area contributed by atoms with Gasteiger partial charge in [-0.3, -0.25) is 14.5 Å². The maximum Gasteiger partial charge on any atom is 0.237 e. The number of thiophene rings is 1. The first kappa shape index (κ1) is 18.9. The lowest BCUT2D eigenvalue weighted by Gasteiger charge is -2.36. The third kappa shape index (κ3) is 4.36. The molecule has 2 atom stereocenters. The number of hydrogen-bond acceptors (Lipinski definition) is 5. The van der Waals surface area contributed by atoms with Gasteiger partial charge in [0.25, 0.3) is 0 Å². The van der Waals surface area contributed by atoms with Crippen molar-refractivity contribution in [3.05, 3.63) is 22.4 Å². The average Bonchev–Trinajstić information content (AvgIpc) is 3.39. The van der Waals surface area contributed by atoms with Crippen LogP contribution >= 0.6 is 11.3 Å². The summed E-state index contributed by atoms with van der Waals surface area (Å²) >= 11 is 1.74. The summed E-state index contributed by atoms with van der Waals surface area (Å²) in [6.45, 7) is 5.59. The van der Waals surface area contributed by atoms with Crippen LogP contribution < -0.4 is 0 Å². The Morgan fingerprint density at radius 1 is 1.11 bits per heavy atom. The van der Waals surface area contributed by atoms with Crippen LogP contribution in [0.3, 0.4) is 0 Å². The molecule has 2 unspecified atom stereocenters. The fourth-order valence-corrected chi connectivity index (χ4v) is 5.44. The Morgan fingerprint density at radius 3 is 2.70 bits per heavy atom. The molecule has 1 aromatic heterocycles.